The maximum absolute atomic E-state index is 13.3. The van der Waals surface area contributed by atoms with Gasteiger partial charge in [-0.05, 0) is 43.9 Å². The molecule has 1 unspecified atom stereocenters. The molecule has 3 amide bonds. The fourth-order valence-electron chi connectivity index (χ4n) is 6.02. The smallest absolute Gasteiger partial charge is 0.257 e. The first-order valence-corrected chi connectivity index (χ1v) is 12.0. The predicted molar refractivity (Wildman–Crippen MR) is 127 cm³/mol. The normalized spacial score (nSPS) is 23.4. The topological polar surface area (TPSA) is 69.7 Å². The zero-order valence-corrected chi connectivity index (χ0v) is 19.2. The van der Waals surface area contributed by atoms with Gasteiger partial charge in [0.1, 0.15) is 5.66 Å². The van der Waals surface area contributed by atoms with Crippen LogP contribution in [0.2, 0.25) is 0 Å². The second-order valence-electron chi connectivity index (χ2n) is 9.80. The van der Waals surface area contributed by atoms with Crippen molar-refractivity contribution in [2.45, 2.75) is 62.9 Å². The van der Waals surface area contributed by atoms with Crippen LogP contribution in [0, 0.1) is 0 Å². The van der Waals surface area contributed by atoms with Gasteiger partial charge in [-0.2, -0.15) is 0 Å². The summed E-state index contributed by atoms with van der Waals surface area (Å²) in [5.41, 5.74) is 1.77. The largest absolute Gasteiger partial charge is 0.355 e. The van der Waals surface area contributed by atoms with Gasteiger partial charge in [0.05, 0.1) is 11.3 Å². The van der Waals surface area contributed by atoms with E-state index in [0.29, 0.717) is 30.6 Å². The Hall–Kier alpha value is -3.15. The van der Waals surface area contributed by atoms with Gasteiger partial charge in [-0.15, -0.1) is 0 Å². The average Bonchev–Trinajstić information content (AvgIpc) is 3.44. The van der Waals surface area contributed by atoms with Crippen LogP contribution in [0.3, 0.4) is 0 Å². The number of fused-ring (bicyclic) bond motifs is 3. The molecule has 0 bridgehead atoms. The second kappa shape index (κ2) is 8.32. The molecule has 172 valence electrons. The lowest BCUT2D eigenvalue weighted by Crippen LogP contribution is -2.62. The van der Waals surface area contributed by atoms with Crippen LogP contribution in [-0.2, 0) is 15.0 Å². The third kappa shape index (κ3) is 3.62. The van der Waals surface area contributed by atoms with Crippen molar-refractivity contribution in [3.8, 4) is 0 Å². The molecule has 2 aliphatic heterocycles. The molecule has 6 nitrogen and oxygen atoms in total. The van der Waals surface area contributed by atoms with Crippen molar-refractivity contribution in [2.75, 3.05) is 18.0 Å². The van der Waals surface area contributed by atoms with Gasteiger partial charge < -0.3 is 10.2 Å². The third-order valence-electron chi connectivity index (χ3n) is 7.88. The molecule has 33 heavy (non-hydrogen) atoms. The van der Waals surface area contributed by atoms with E-state index in [2.05, 4.69) is 29.6 Å². The Morgan fingerprint density at radius 3 is 2.42 bits per heavy atom. The van der Waals surface area contributed by atoms with Crippen molar-refractivity contribution in [1.82, 2.24) is 10.2 Å². The number of carbonyl (C=O) groups excluding carboxylic acids is 3. The lowest BCUT2D eigenvalue weighted by molar-refractivity contribution is -0.121. The van der Waals surface area contributed by atoms with E-state index in [0.717, 1.165) is 12.8 Å². The Labute approximate surface area is 194 Å². The Morgan fingerprint density at radius 1 is 0.970 bits per heavy atom. The van der Waals surface area contributed by atoms with Crippen LogP contribution < -0.4 is 10.2 Å². The highest BCUT2D eigenvalue weighted by Crippen LogP contribution is 2.44. The Kier molecular flexibility index (Phi) is 5.47. The third-order valence-corrected chi connectivity index (χ3v) is 7.88. The van der Waals surface area contributed by atoms with E-state index in [1.807, 2.05) is 31.2 Å². The van der Waals surface area contributed by atoms with E-state index < -0.39 is 5.66 Å². The number of para-hydroxylation sites is 1. The first-order valence-electron chi connectivity index (χ1n) is 12.0. The molecular formula is C27H31N3O3. The van der Waals surface area contributed by atoms with Crippen molar-refractivity contribution in [2.24, 2.45) is 0 Å². The van der Waals surface area contributed by atoms with Crippen LogP contribution >= 0.6 is 0 Å². The van der Waals surface area contributed by atoms with Crippen LogP contribution in [0.4, 0.5) is 5.69 Å². The quantitative estimate of drug-likeness (QED) is 0.731. The summed E-state index contributed by atoms with van der Waals surface area (Å²) in [5.74, 6) is -0.135. The van der Waals surface area contributed by atoms with Gasteiger partial charge in [-0.1, -0.05) is 55.3 Å². The molecule has 1 atom stereocenters. The van der Waals surface area contributed by atoms with E-state index in [1.165, 1.54) is 18.4 Å². The van der Waals surface area contributed by atoms with Gasteiger partial charge >= 0.3 is 0 Å². The molecule has 2 aromatic carbocycles. The highest BCUT2D eigenvalue weighted by atomic mass is 16.2. The van der Waals surface area contributed by atoms with Gasteiger partial charge in [-0.3, -0.25) is 19.3 Å². The minimum atomic E-state index is -0.723. The zero-order valence-electron chi connectivity index (χ0n) is 19.2. The molecule has 2 fully saturated rings. The van der Waals surface area contributed by atoms with Crippen LogP contribution in [0.1, 0.15) is 67.8 Å². The van der Waals surface area contributed by atoms with Crippen LogP contribution in [-0.4, -0.2) is 41.4 Å². The summed E-state index contributed by atoms with van der Waals surface area (Å²) in [6.07, 6.45) is 5.70. The summed E-state index contributed by atoms with van der Waals surface area (Å²) in [7, 11) is 0. The average molecular weight is 446 g/mol. The predicted octanol–water partition coefficient (Wildman–Crippen LogP) is 4.00. The number of anilines is 1. The van der Waals surface area contributed by atoms with E-state index in [-0.39, 0.29) is 36.1 Å². The number of carbonyl (C=O) groups is 3. The molecule has 1 aliphatic carbocycles. The zero-order chi connectivity index (χ0) is 23.1. The number of hydrogen-bond acceptors (Lipinski definition) is 3. The summed E-state index contributed by atoms with van der Waals surface area (Å²) < 4.78 is 0. The standard InChI is InChI=1S/C27H31N3O3/c1-26-17-13-24(32)30(26)22-12-6-5-11-21(22)25(33)29(26)18-14-23(31)28-19-27(15-7-8-16-27)20-9-3-2-4-10-20/h2-6,9-12H,7-8,13-19H2,1H3,(H,28,31). The Balaban J connectivity index is 1.29. The summed E-state index contributed by atoms with van der Waals surface area (Å²) >= 11 is 0. The molecule has 6 heteroatoms. The monoisotopic (exact) mass is 445 g/mol. The fraction of sp³-hybridized carbons (Fsp3) is 0.444. The Morgan fingerprint density at radius 2 is 1.67 bits per heavy atom. The molecule has 1 saturated carbocycles. The molecule has 0 aromatic heterocycles. The van der Waals surface area contributed by atoms with Crippen molar-refractivity contribution < 1.29 is 14.4 Å². The van der Waals surface area contributed by atoms with Gasteiger partial charge in [0.2, 0.25) is 11.8 Å². The molecule has 0 radical (unpaired) electrons. The van der Waals surface area contributed by atoms with E-state index in [9.17, 15) is 14.4 Å². The number of nitrogens with zero attached hydrogens (tertiary/aromatic N) is 2. The van der Waals surface area contributed by atoms with Crippen LogP contribution in [0.5, 0.6) is 0 Å². The first kappa shape index (κ1) is 21.7. The minimum absolute atomic E-state index is 0.00253. The summed E-state index contributed by atoms with van der Waals surface area (Å²) in [6, 6.07) is 17.7. The van der Waals surface area contributed by atoms with E-state index in [1.54, 1.807) is 15.9 Å². The van der Waals surface area contributed by atoms with Crippen molar-refractivity contribution in [1.29, 1.82) is 0 Å². The molecule has 5 rings (SSSR count). The summed E-state index contributed by atoms with van der Waals surface area (Å²) in [5, 5.41) is 3.16. The second-order valence-corrected chi connectivity index (χ2v) is 9.80. The van der Waals surface area contributed by atoms with Gasteiger partial charge in [-0.25, -0.2) is 0 Å². The lowest BCUT2D eigenvalue weighted by atomic mass is 9.79. The number of rotatable bonds is 6. The molecular weight excluding hydrogens is 414 g/mol. The van der Waals surface area contributed by atoms with Crippen LogP contribution in [0.15, 0.2) is 54.6 Å². The van der Waals surface area contributed by atoms with Gasteiger partial charge in [0, 0.05) is 31.3 Å². The SMILES string of the molecule is CC12CCC(=O)N1c1ccccc1C(=O)N2CCC(=O)NCC1(c2ccccc2)CCCC1. The lowest BCUT2D eigenvalue weighted by Gasteiger charge is -2.48. The summed E-state index contributed by atoms with van der Waals surface area (Å²) in [4.78, 5) is 42.4. The highest BCUT2D eigenvalue weighted by Gasteiger charge is 2.52. The number of nitrogens with one attached hydrogen (secondary N) is 1. The van der Waals surface area contributed by atoms with Crippen molar-refractivity contribution in [3.63, 3.8) is 0 Å². The van der Waals surface area contributed by atoms with Crippen molar-refractivity contribution >= 4 is 23.4 Å². The number of amides is 3. The minimum Gasteiger partial charge on any atom is -0.355 e. The molecule has 2 aromatic rings. The van der Waals surface area contributed by atoms with E-state index >= 15 is 0 Å². The molecule has 1 saturated heterocycles. The summed E-state index contributed by atoms with van der Waals surface area (Å²) in [6.45, 7) is 2.85. The number of benzene rings is 2. The maximum Gasteiger partial charge on any atom is 0.257 e. The molecule has 3 aliphatic rings. The maximum atomic E-state index is 13.3. The highest BCUT2D eigenvalue weighted by molar-refractivity contribution is 6.10. The van der Waals surface area contributed by atoms with Crippen molar-refractivity contribution in [3.05, 3.63) is 65.7 Å². The van der Waals surface area contributed by atoms with E-state index in [4.69, 9.17) is 0 Å². The van der Waals surface area contributed by atoms with Crippen LogP contribution in [0.25, 0.3) is 0 Å². The van der Waals surface area contributed by atoms with Gasteiger partial charge in [0.15, 0.2) is 0 Å². The van der Waals surface area contributed by atoms with Gasteiger partial charge in [0.25, 0.3) is 5.91 Å². The fourth-order valence-corrected chi connectivity index (χ4v) is 6.02. The molecule has 2 heterocycles. The molecule has 0 spiro atoms. The Bertz CT molecular complexity index is 1080. The molecule has 1 N–H and O–H groups in total. The number of hydrogen-bond donors (Lipinski definition) is 1. The first-order chi connectivity index (χ1) is 15.9.